The third kappa shape index (κ3) is 8.45. The Morgan fingerprint density at radius 2 is 1.35 bits per heavy atom. The quantitative estimate of drug-likeness (QED) is 0.321. The molecule has 1 nitrogen and oxygen atoms in total. The molecule has 0 radical (unpaired) electrons. The molecular weight excluding hydrogens is 314 g/mol. The van der Waals surface area contributed by atoms with Crippen LogP contribution in [0.5, 0.6) is 0 Å². The van der Waals surface area contributed by atoms with Crippen molar-refractivity contribution in [3.63, 3.8) is 0 Å². The summed E-state index contributed by atoms with van der Waals surface area (Å²) < 4.78 is 0. The van der Waals surface area contributed by atoms with Gasteiger partial charge in [-0.15, -0.1) is 0 Å². The van der Waals surface area contributed by atoms with Crippen molar-refractivity contribution in [2.24, 2.45) is 23.7 Å². The van der Waals surface area contributed by atoms with Gasteiger partial charge in [0.2, 0.25) is 0 Å². The van der Waals surface area contributed by atoms with Crippen molar-refractivity contribution < 1.29 is 0 Å². The standard InChI is InChI=1S/C25H45N/c1-2-3-4-5-6-8-12-23(21-26)14-11-13-22-17-19-25(20-18-22)24-15-9-7-10-16-24/h22-25H,2-20H2,1H3. The minimum atomic E-state index is 0.333. The molecule has 1 atom stereocenters. The molecule has 0 bridgehead atoms. The molecule has 0 aromatic rings. The second-order valence-corrected chi connectivity index (χ2v) is 9.49. The number of unbranched alkanes of at least 4 members (excludes halogenated alkanes) is 5. The van der Waals surface area contributed by atoms with E-state index in [1.807, 2.05) is 0 Å². The summed E-state index contributed by atoms with van der Waals surface area (Å²) in [6.07, 6.45) is 26.6. The van der Waals surface area contributed by atoms with Crippen LogP contribution >= 0.6 is 0 Å². The number of nitrogens with zero attached hydrogens (tertiary/aromatic N) is 1. The third-order valence-corrected chi connectivity index (χ3v) is 7.46. The summed E-state index contributed by atoms with van der Waals surface area (Å²) >= 11 is 0. The average Bonchev–Trinajstić information content (AvgIpc) is 2.70. The number of hydrogen-bond acceptors (Lipinski definition) is 1. The average molecular weight is 360 g/mol. The Kier molecular flexibility index (Phi) is 11.4. The van der Waals surface area contributed by atoms with Gasteiger partial charge < -0.3 is 0 Å². The van der Waals surface area contributed by atoms with E-state index in [1.165, 1.54) is 109 Å². The van der Waals surface area contributed by atoms with E-state index in [9.17, 15) is 5.26 Å². The van der Waals surface area contributed by atoms with E-state index >= 15 is 0 Å². The maximum Gasteiger partial charge on any atom is 0.0655 e. The maximum atomic E-state index is 9.43. The van der Waals surface area contributed by atoms with E-state index < -0.39 is 0 Å². The normalized spacial score (nSPS) is 25.7. The van der Waals surface area contributed by atoms with Crippen molar-refractivity contribution in [3.8, 4) is 6.07 Å². The topological polar surface area (TPSA) is 23.8 Å². The van der Waals surface area contributed by atoms with Crippen molar-refractivity contribution in [1.82, 2.24) is 0 Å². The lowest BCUT2D eigenvalue weighted by molar-refractivity contribution is 0.162. The maximum absolute atomic E-state index is 9.43. The Labute approximate surface area is 164 Å². The summed E-state index contributed by atoms with van der Waals surface area (Å²) in [5.74, 6) is 3.44. The van der Waals surface area contributed by atoms with Gasteiger partial charge in [0.05, 0.1) is 6.07 Å². The predicted octanol–water partition coefficient (Wildman–Crippen LogP) is 8.43. The van der Waals surface area contributed by atoms with E-state index in [4.69, 9.17) is 0 Å². The minimum Gasteiger partial charge on any atom is -0.198 e. The molecule has 2 aliphatic rings. The second-order valence-electron chi connectivity index (χ2n) is 9.49. The lowest BCUT2D eigenvalue weighted by Crippen LogP contribution is -2.23. The first-order valence-electron chi connectivity index (χ1n) is 12.2. The smallest absolute Gasteiger partial charge is 0.0655 e. The Morgan fingerprint density at radius 1 is 0.731 bits per heavy atom. The Hall–Kier alpha value is -0.510. The van der Waals surface area contributed by atoms with Gasteiger partial charge >= 0.3 is 0 Å². The van der Waals surface area contributed by atoms with Crippen molar-refractivity contribution >= 4 is 0 Å². The molecule has 0 amide bonds. The molecule has 2 rings (SSSR count). The van der Waals surface area contributed by atoms with Gasteiger partial charge in [0.25, 0.3) is 0 Å². The molecule has 150 valence electrons. The van der Waals surface area contributed by atoms with Crippen LogP contribution < -0.4 is 0 Å². The summed E-state index contributed by atoms with van der Waals surface area (Å²) in [5.41, 5.74) is 0. The highest BCUT2D eigenvalue weighted by Gasteiger charge is 2.28. The Morgan fingerprint density at radius 3 is 2.04 bits per heavy atom. The van der Waals surface area contributed by atoms with Crippen LogP contribution in [0.3, 0.4) is 0 Å². The fourth-order valence-electron chi connectivity index (χ4n) is 5.65. The van der Waals surface area contributed by atoms with Gasteiger partial charge in [-0.25, -0.2) is 0 Å². The summed E-state index contributed by atoms with van der Waals surface area (Å²) in [6.45, 7) is 2.27. The lowest BCUT2D eigenvalue weighted by Gasteiger charge is -2.36. The third-order valence-electron chi connectivity index (χ3n) is 7.46. The molecule has 0 aliphatic heterocycles. The van der Waals surface area contributed by atoms with Crippen LogP contribution in [0.4, 0.5) is 0 Å². The van der Waals surface area contributed by atoms with E-state index in [2.05, 4.69) is 13.0 Å². The molecule has 0 heterocycles. The number of hydrogen-bond donors (Lipinski definition) is 0. The van der Waals surface area contributed by atoms with Gasteiger partial charge in [-0.05, 0) is 43.4 Å². The summed E-state index contributed by atoms with van der Waals surface area (Å²) in [7, 11) is 0. The number of rotatable bonds is 12. The molecule has 2 aliphatic carbocycles. The SMILES string of the molecule is CCCCCCCCC(C#N)CCCC1CCC(C2CCCCC2)CC1. The van der Waals surface area contributed by atoms with E-state index in [-0.39, 0.29) is 0 Å². The zero-order valence-corrected chi connectivity index (χ0v) is 17.7. The molecule has 2 saturated carbocycles. The Bertz CT molecular complexity index is 368. The summed E-state index contributed by atoms with van der Waals surface area (Å²) in [4.78, 5) is 0. The molecular formula is C25H45N. The molecule has 26 heavy (non-hydrogen) atoms. The highest BCUT2D eigenvalue weighted by molar-refractivity contribution is 4.84. The van der Waals surface area contributed by atoms with Crippen LogP contribution in [0.2, 0.25) is 0 Å². The van der Waals surface area contributed by atoms with E-state index in [0.717, 1.165) is 30.6 Å². The largest absolute Gasteiger partial charge is 0.198 e. The van der Waals surface area contributed by atoms with Crippen molar-refractivity contribution in [3.05, 3.63) is 0 Å². The summed E-state index contributed by atoms with van der Waals surface area (Å²) in [6, 6.07) is 2.59. The van der Waals surface area contributed by atoms with Gasteiger partial charge in [-0.2, -0.15) is 5.26 Å². The fourth-order valence-corrected chi connectivity index (χ4v) is 5.65. The van der Waals surface area contributed by atoms with E-state index in [0.29, 0.717) is 5.92 Å². The molecule has 0 N–H and O–H groups in total. The lowest BCUT2D eigenvalue weighted by atomic mass is 9.70. The van der Waals surface area contributed by atoms with Crippen molar-refractivity contribution in [2.45, 2.75) is 129 Å². The molecule has 0 aromatic carbocycles. The number of nitriles is 1. The predicted molar refractivity (Wildman–Crippen MR) is 113 cm³/mol. The molecule has 2 fully saturated rings. The van der Waals surface area contributed by atoms with Crippen LogP contribution in [0.15, 0.2) is 0 Å². The van der Waals surface area contributed by atoms with E-state index in [1.54, 1.807) is 0 Å². The molecule has 0 aromatic heterocycles. The first-order valence-corrected chi connectivity index (χ1v) is 12.2. The van der Waals surface area contributed by atoms with Crippen LogP contribution in [0, 0.1) is 35.0 Å². The highest BCUT2D eigenvalue weighted by Crippen LogP contribution is 2.41. The van der Waals surface area contributed by atoms with Gasteiger partial charge in [0.15, 0.2) is 0 Å². The fraction of sp³-hybridized carbons (Fsp3) is 0.960. The van der Waals surface area contributed by atoms with Gasteiger partial charge in [-0.3, -0.25) is 0 Å². The Balaban J connectivity index is 1.50. The van der Waals surface area contributed by atoms with Gasteiger partial charge in [0.1, 0.15) is 0 Å². The zero-order chi connectivity index (χ0) is 18.5. The van der Waals surface area contributed by atoms with Gasteiger partial charge in [-0.1, -0.05) is 103 Å². The second kappa shape index (κ2) is 13.6. The van der Waals surface area contributed by atoms with Crippen LogP contribution in [-0.4, -0.2) is 0 Å². The van der Waals surface area contributed by atoms with Crippen LogP contribution in [-0.2, 0) is 0 Å². The van der Waals surface area contributed by atoms with Crippen molar-refractivity contribution in [1.29, 1.82) is 5.26 Å². The van der Waals surface area contributed by atoms with Crippen LogP contribution in [0.25, 0.3) is 0 Å². The summed E-state index contributed by atoms with van der Waals surface area (Å²) in [5, 5.41) is 9.43. The van der Waals surface area contributed by atoms with Crippen molar-refractivity contribution in [2.75, 3.05) is 0 Å². The van der Waals surface area contributed by atoms with Gasteiger partial charge in [0, 0.05) is 5.92 Å². The van der Waals surface area contributed by atoms with Crippen LogP contribution in [0.1, 0.15) is 129 Å². The highest BCUT2D eigenvalue weighted by atomic mass is 14.3. The minimum absolute atomic E-state index is 0.333. The first-order chi connectivity index (χ1) is 12.8. The first kappa shape index (κ1) is 21.8. The molecule has 1 unspecified atom stereocenters. The zero-order valence-electron chi connectivity index (χ0n) is 17.7. The molecule has 0 spiro atoms. The monoisotopic (exact) mass is 359 g/mol. The molecule has 0 saturated heterocycles. The molecule has 1 heteroatoms.